The van der Waals surface area contributed by atoms with Gasteiger partial charge in [-0.3, -0.25) is 9.59 Å². The first-order valence-corrected chi connectivity index (χ1v) is 6.88. The normalized spacial score (nSPS) is 13.4. The Kier molecular flexibility index (Phi) is 8.98. The average Bonchev–Trinajstić information content (AvgIpc) is 2.27. The molecular weight excluding hydrogens is 272 g/mol. The molecule has 2 unspecified atom stereocenters. The number of carboxylic acid groups (broad SMARTS) is 1. The molecule has 0 aliphatic carbocycles. The molecule has 0 spiro atoms. The van der Waals surface area contributed by atoms with Gasteiger partial charge in [0.15, 0.2) is 0 Å². The fourth-order valence-electron chi connectivity index (χ4n) is 1.30. The van der Waals surface area contributed by atoms with E-state index in [1.807, 2.05) is 6.92 Å². The van der Waals surface area contributed by atoms with Gasteiger partial charge in [-0.05, 0) is 6.92 Å². The predicted octanol–water partition coefficient (Wildman–Crippen LogP) is -0.540. The minimum atomic E-state index is -1.11. The van der Waals surface area contributed by atoms with E-state index in [4.69, 9.17) is 9.84 Å². The van der Waals surface area contributed by atoms with E-state index in [9.17, 15) is 14.4 Å². The molecule has 0 saturated heterocycles. The Bertz CT molecular complexity index is 324. The third kappa shape index (κ3) is 9.32. The largest absolute Gasteiger partial charge is 0.480 e. The van der Waals surface area contributed by atoms with Crippen LogP contribution >= 0.6 is 11.8 Å². The van der Waals surface area contributed by atoms with Gasteiger partial charge in [0.25, 0.3) is 0 Å². The Balaban J connectivity index is 3.95. The number of aliphatic carboxylic acids is 1. The van der Waals surface area contributed by atoms with Crippen molar-refractivity contribution in [3.8, 4) is 0 Å². The molecule has 110 valence electrons. The molecule has 0 aliphatic rings. The molecule has 2 amide bonds. The number of methoxy groups -OCH3 is 1. The lowest BCUT2D eigenvalue weighted by atomic mass is 10.3. The minimum absolute atomic E-state index is 0.0938. The van der Waals surface area contributed by atoms with Crippen LogP contribution in [0.5, 0.6) is 0 Å². The molecule has 8 heteroatoms. The van der Waals surface area contributed by atoms with Gasteiger partial charge in [0.2, 0.25) is 11.8 Å². The third-order valence-electron chi connectivity index (χ3n) is 2.02. The van der Waals surface area contributed by atoms with Crippen LogP contribution in [0.2, 0.25) is 0 Å². The van der Waals surface area contributed by atoms with Crippen molar-refractivity contribution in [2.24, 2.45) is 0 Å². The van der Waals surface area contributed by atoms with E-state index >= 15 is 0 Å². The van der Waals surface area contributed by atoms with E-state index in [1.165, 1.54) is 6.92 Å². The van der Waals surface area contributed by atoms with E-state index in [0.29, 0.717) is 6.61 Å². The van der Waals surface area contributed by atoms with Gasteiger partial charge < -0.3 is 20.5 Å². The summed E-state index contributed by atoms with van der Waals surface area (Å²) in [5.74, 6) is -1.44. The van der Waals surface area contributed by atoms with Crippen molar-refractivity contribution in [3.63, 3.8) is 0 Å². The second-order valence-corrected chi connectivity index (χ2v) is 5.06. The van der Waals surface area contributed by atoms with Crippen molar-refractivity contribution in [2.75, 3.05) is 25.2 Å². The van der Waals surface area contributed by atoms with E-state index in [2.05, 4.69) is 10.6 Å². The summed E-state index contributed by atoms with van der Waals surface area (Å²) in [6.45, 7) is 3.48. The lowest BCUT2D eigenvalue weighted by molar-refractivity contribution is -0.140. The summed E-state index contributed by atoms with van der Waals surface area (Å²) < 4.78 is 4.88. The summed E-state index contributed by atoms with van der Waals surface area (Å²) in [5, 5.41) is 13.9. The van der Waals surface area contributed by atoms with Gasteiger partial charge in [0.1, 0.15) is 6.04 Å². The monoisotopic (exact) mass is 292 g/mol. The standard InChI is InChI=1S/C11H20N2O5S/c1-7(4-18-3)12-10(15)6-19-5-9(11(16)17)13-8(2)14/h7,9H,4-6H2,1-3H3,(H,12,15)(H,13,14)(H,16,17). The van der Waals surface area contributed by atoms with E-state index in [-0.39, 0.29) is 23.5 Å². The maximum atomic E-state index is 11.5. The zero-order valence-electron chi connectivity index (χ0n) is 11.3. The SMILES string of the molecule is COCC(C)NC(=O)CSCC(NC(C)=O)C(=O)O. The molecular formula is C11H20N2O5S. The molecule has 0 fully saturated rings. The van der Waals surface area contributed by atoms with Crippen LogP contribution in [0.15, 0.2) is 0 Å². The fraction of sp³-hybridized carbons (Fsp3) is 0.727. The zero-order chi connectivity index (χ0) is 14.8. The van der Waals surface area contributed by atoms with Crippen LogP contribution in [0, 0.1) is 0 Å². The molecule has 0 saturated carbocycles. The van der Waals surface area contributed by atoms with Crippen molar-refractivity contribution >= 4 is 29.5 Å². The van der Waals surface area contributed by atoms with Crippen LogP contribution in [0.1, 0.15) is 13.8 Å². The molecule has 0 radical (unpaired) electrons. The maximum absolute atomic E-state index is 11.5. The molecule has 0 aliphatic heterocycles. The predicted molar refractivity (Wildman–Crippen MR) is 72.0 cm³/mol. The summed E-state index contributed by atoms with van der Waals surface area (Å²) in [6.07, 6.45) is 0. The average molecular weight is 292 g/mol. The van der Waals surface area contributed by atoms with Crippen molar-refractivity contribution in [2.45, 2.75) is 25.9 Å². The number of thioether (sulfide) groups is 1. The second-order valence-electron chi connectivity index (χ2n) is 4.03. The van der Waals surface area contributed by atoms with Crippen LogP contribution in [-0.2, 0) is 19.1 Å². The minimum Gasteiger partial charge on any atom is -0.480 e. The summed E-state index contributed by atoms with van der Waals surface area (Å²) >= 11 is 1.15. The van der Waals surface area contributed by atoms with Crippen molar-refractivity contribution in [3.05, 3.63) is 0 Å². The van der Waals surface area contributed by atoms with Gasteiger partial charge in [-0.25, -0.2) is 4.79 Å². The first-order chi connectivity index (χ1) is 8.86. The van der Waals surface area contributed by atoms with E-state index in [0.717, 1.165) is 11.8 Å². The molecule has 19 heavy (non-hydrogen) atoms. The molecule has 0 aromatic heterocycles. The van der Waals surface area contributed by atoms with Gasteiger partial charge in [-0.1, -0.05) is 0 Å². The topological polar surface area (TPSA) is 105 Å². The molecule has 0 aromatic carbocycles. The lowest BCUT2D eigenvalue weighted by Crippen LogP contribution is -2.42. The highest BCUT2D eigenvalue weighted by Gasteiger charge is 2.18. The molecule has 0 aromatic rings. The van der Waals surface area contributed by atoms with Crippen LogP contribution < -0.4 is 10.6 Å². The van der Waals surface area contributed by atoms with Gasteiger partial charge in [0, 0.05) is 25.8 Å². The summed E-state index contributed by atoms with van der Waals surface area (Å²) in [4.78, 5) is 33.1. The second kappa shape index (κ2) is 9.62. The lowest BCUT2D eigenvalue weighted by Gasteiger charge is -2.14. The number of nitrogens with one attached hydrogen (secondary N) is 2. The van der Waals surface area contributed by atoms with Crippen molar-refractivity contribution < 1.29 is 24.2 Å². The quantitative estimate of drug-likeness (QED) is 0.527. The fourth-order valence-corrected chi connectivity index (χ4v) is 2.15. The Morgan fingerprint density at radius 2 is 1.95 bits per heavy atom. The number of hydrogen-bond donors (Lipinski definition) is 3. The molecule has 0 bridgehead atoms. The highest BCUT2D eigenvalue weighted by atomic mass is 32.2. The summed E-state index contributed by atoms with van der Waals surface area (Å²) in [6, 6.07) is -1.07. The number of carbonyl (C=O) groups is 3. The maximum Gasteiger partial charge on any atom is 0.327 e. The number of rotatable bonds is 9. The number of carbonyl (C=O) groups excluding carboxylic acids is 2. The Morgan fingerprint density at radius 3 is 2.42 bits per heavy atom. The number of ether oxygens (including phenoxy) is 1. The van der Waals surface area contributed by atoms with E-state index < -0.39 is 17.9 Å². The molecule has 0 rings (SSSR count). The highest BCUT2D eigenvalue weighted by molar-refractivity contribution is 8.00. The van der Waals surface area contributed by atoms with E-state index in [1.54, 1.807) is 7.11 Å². The van der Waals surface area contributed by atoms with Gasteiger partial charge in [0.05, 0.1) is 12.4 Å². The Labute approximate surface area is 116 Å². The first kappa shape index (κ1) is 17.7. The van der Waals surface area contributed by atoms with Gasteiger partial charge in [-0.2, -0.15) is 0 Å². The molecule has 3 N–H and O–H groups in total. The van der Waals surface area contributed by atoms with Crippen LogP contribution in [0.25, 0.3) is 0 Å². The Hall–Kier alpha value is -1.28. The smallest absolute Gasteiger partial charge is 0.327 e. The van der Waals surface area contributed by atoms with Crippen LogP contribution in [0.4, 0.5) is 0 Å². The zero-order valence-corrected chi connectivity index (χ0v) is 12.1. The van der Waals surface area contributed by atoms with Gasteiger partial charge >= 0.3 is 5.97 Å². The third-order valence-corrected chi connectivity index (χ3v) is 3.05. The number of amides is 2. The van der Waals surface area contributed by atoms with Crippen molar-refractivity contribution in [1.82, 2.24) is 10.6 Å². The van der Waals surface area contributed by atoms with Gasteiger partial charge in [-0.15, -0.1) is 11.8 Å². The summed E-state index contributed by atoms with van der Waals surface area (Å²) in [7, 11) is 1.54. The molecule has 0 heterocycles. The first-order valence-electron chi connectivity index (χ1n) is 5.72. The number of carboxylic acids is 1. The number of hydrogen-bond acceptors (Lipinski definition) is 5. The highest BCUT2D eigenvalue weighted by Crippen LogP contribution is 2.03. The van der Waals surface area contributed by atoms with Crippen LogP contribution in [0.3, 0.4) is 0 Å². The molecule has 7 nitrogen and oxygen atoms in total. The molecule has 2 atom stereocenters. The summed E-state index contributed by atoms with van der Waals surface area (Å²) in [5.41, 5.74) is 0. The Morgan fingerprint density at radius 1 is 1.32 bits per heavy atom. The van der Waals surface area contributed by atoms with Crippen molar-refractivity contribution in [1.29, 1.82) is 0 Å². The van der Waals surface area contributed by atoms with Crippen LogP contribution in [-0.4, -0.2) is 60.2 Å².